The highest BCUT2D eigenvalue weighted by molar-refractivity contribution is 7.14. The molecule has 0 atom stereocenters. The highest BCUT2D eigenvalue weighted by Crippen LogP contribution is 2.34. The Kier molecular flexibility index (Phi) is 4.15. The van der Waals surface area contributed by atoms with Crippen molar-refractivity contribution in [3.05, 3.63) is 23.2 Å². The first-order valence-corrected chi connectivity index (χ1v) is 6.65. The van der Waals surface area contributed by atoms with Gasteiger partial charge in [-0.3, -0.25) is 0 Å². The number of methoxy groups -OCH3 is 2. The molecule has 0 N–H and O–H groups in total. The third-order valence-electron chi connectivity index (χ3n) is 2.57. The maximum atomic E-state index is 5.37. The van der Waals surface area contributed by atoms with Gasteiger partial charge in [-0.2, -0.15) is 0 Å². The normalized spacial score (nSPS) is 10.4. The molecule has 0 aliphatic rings. The van der Waals surface area contributed by atoms with E-state index in [4.69, 9.17) is 9.47 Å². The zero-order chi connectivity index (χ0) is 13.0. The van der Waals surface area contributed by atoms with Gasteiger partial charge in [-0.25, -0.2) is 0 Å². The van der Waals surface area contributed by atoms with Crippen molar-refractivity contribution < 1.29 is 9.47 Å². The first-order valence-electron chi connectivity index (χ1n) is 5.83. The number of ether oxygens (including phenoxy) is 2. The van der Waals surface area contributed by atoms with E-state index in [2.05, 4.69) is 17.1 Å². The van der Waals surface area contributed by atoms with Gasteiger partial charge in [0.15, 0.2) is 5.01 Å². The van der Waals surface area contributed by atoms with Crippen molar-refractivity contribution in [2.45, 2.75) is 19.8 Å². The van der Waals surface area contributed by atoms with Crippen LogP contribution in [0.25, 0.3) is 10.6 Å². The van der Waals surface area contributed by atoms with Crippen molar-refractivity contribution in [3.63, 3.8) is 0 Å². The standard InChI is InChI=1S/C13H16N2O2S/c1-4-5-12-14-15-13(18-12)10-7-6-9(16-2)8-11(10)17-3/h6-8H,4-5H2,1-3H3. The van der Waals surface area contributed by atoms with Crippen molar-refractivity contribution in [1.29, 1.82) is 0 Å². The third kappa shape index (κ3) is 2.61. The largest absolute Gasteiger partial charge is 0.497 e. The average Bonchev–Trinajstić information content (AvgIpc) is 2.87. The Labute approximate surface area is 111 Å². The van der Waals surface area contributed by atoms with Gasteiger partial charge in [-0.05, 0) is 18.6 Å². The molecule has 0 saturated carbocycles. The molecule has 1 aromatic heterocycles. The summed E-state index contributed by atoms with van der Waals surface area (Å²) in [6.45, 7) is 2.13. The van der Waals surface area contributed by atoms with Gasteiger partial charge in [0, 0.05) is 12.5 Å². The van der Waals surface area contributed by atoms with E-state index < -0.39 is 0 Å². The Hall–Kier alpha value is -1.62. The highest BCUT2D eigenvalue weighted by atomic mass is 32.1. The number of rotatable bonds is 5. The molecule has 0 bridgehead atoms. The Balaban J connectivity index is 2.36. The van der Waals surface area contributed by atoms with Crippen LogP contribution in [-0.4, -0.2) is 24.4 Å². The molecule has 5 heteroatoms. The lowest BCUT2D eigenvalue weighted by Gasteiger charge is -2.07. The third-order valence-corrected chi connectivity index (χ3v) is 3.59. The van der Waals surface area contributed by atoms with Crippen LogP contribution < -0.4 is 9.47 Å². The van der Waals surface area contributed by atoms with Crippen LogP contribution >= 0.6 is 11.3 Å². The van der Waals surface area contributed by atoms with E-state index in [0.29, 0.717) is 0 Å². The minimum absolute atomic E-state index is 0.758. The summed E-state index contributed by atoms with van der Waals surface area (Å²) >= 11 is 1.61. The number of nitrogens with zero attached hydrogens (tertiary/aromatic N) is 2. The summed E-state index contributed by atoms with van der Waals surface area (Å²) in [7, 11) is 3.28. The number of aromatic nitrogens is 2. The van der Waals surface area contributed by atoms with E-state index in [9.17, 15) is 0 Å². The van der Waals surface area contributed by atoms with Crippen molar-refractivity contribution in [3.8, 4) is 22.1 Å². The van der Waals surface area contributed by atoms with Crippen molar-refractivity contribution in [1.82, 2.24) is 10.2 Å². The topological polar surface area (TPSA) is 44.2 Å². The fraction of sp³-hybridized carbons (Fsp3) is 0.385. The quantitative estimate of drug-likeness (QED) is 0.832. The van der Waals surface area contributed by atoms with E-state index in [1.807, 2.05) is 18.2 Å². The summed E-state index contributed by atoms with van der Waals surface area (Å²) in [5, 5.41) is 10.3. The molecular formula is C13H16N2O2S. The predicted octanol–water partition coefficient (Wildman–Crippen LogP) is 3.17. The Morgan fingerprint density at radius 3 is 2.67 bits per heavy atom. The maximum Gasteiger partial charge on any atom is 0.151 e. The molecule has 0 aliphatic carbocycles. The zero-order valence-electron chi connectivity index (χ0n) is 10.8. The van der Waals surface area contributed by atoms with Gasteiger partial charge >= 0.3 is 0 Å². The fourth-order valence-corrected chi connectivity index (χ4v) is 2.62. The Morgan fingerprint density at radius 2 is 2.00 bits per heavy atom. The average molecular weight is 264 g/mol. The first kappa shape index (κ1) is 12.8. The molecule has 1 aromatic carbocycles. The van der Waals surface area contributed by atoms with E-state index >= 15 is 0 Å². The van der Waals surface area contributed by atoms with E-state index in [1.165, 1.54) is 0 Å². The molecule has 4 nitrogen and oxygen atoms in total. The van der Waals surface area contributed by atoms with E-state index in [0.717, 1.165) is 39.9 Å². The lowest BCUT2D eigenvalue weighted by atomic mass is 10.2. The van der Waals surface area contributed by atoms with Gasteiger partial charge in [-0.1, -0.05) is 18.3 Å². The molecule has 96 valence electrons. The highest BCUT2D eigenvalue weighted by Gasteiger charge is 2.12. The summed E-state index contributed by atoms with van der Waals surface area (Å²) in [4.78, 5) is 0. The summed E-state index contributed by atoms with van der Waals surface area (Å²) in [5.41, 5.74) is 0.957. The second kappa shape index (κ2) is 5.82. The van der Waals surface area contributed by atoms with Crippen molar-refractivity contribution in [2.24, 2.45) is 0 Å². The van der Waals surface area contributed by atoms with Crippen molar-refractivity contribution >= 4 is 11.3 Å². The van der Waals surface area contributed by atoms with E-state index in [-0.39, 0.29) is 0 Å². The van der Waals surface area contributed by atoms with Crippen LogP contribution in [0, 0.1) is 0 Å². The predicted molar refractivity (Wildman–Crippen MR) is 72.4 cm³/mol. The van der Waals surface area contributed by atoms with Gasteiger partial charge in [-0.15, -0.1) is 10.2 Å². The Bertz CT molecular complexity index is 525. The van der Waals surface area contributed by atoms with Crippen LogP contribution in [0.1, 0.15) is 18.4 Å². The van der Waals surface area contributed by atoms with Crippen LogP contribution in [-0.2, 0) is 6.42 Å². The molecular weight excluding hydrogens is 248 g/mol. The minimum Gasteiger partial charge on any atom is -0.497 e. The second-order valence-corrected chi connectivity index (χ2v) is 4.88. The number of benzene rings is 1. The fourth-order valence-electron chi connectivity index (χ4n) is 1.65. The molecule has 0 saturated heterocycles. The first-order chi connectivity index (χ1) is 8.78. The molecule has 18 heavy (non-hydrogen) atoms. The number of aryl methyl sites for hydroxylation is 1. The monoisotopic (exact) mass is 264 g/mol. The van der Waals surface area contributed by atoms with Gasteiger partial charge in [0.05, 0.1) is 19.8 Å². The molecule has 2 aromatic rings. The molecule has 0 amide bonds. The lowest BCUT2D eigenvalue weighted by Crippen LogP contribution is -1.90. The summed E-state index contributed by atoms with van der Waals surface area (Å²) in [6.07, 6.45) is 2.05. The van der Waals surface area contributed by atoms with Crippen LogP contribution in [0.2, 0.25) is 0 Å². The molecule has 0 fully saturated rings. The van der Waals surface area contributed by atoms with Gasteiger partial charge in [0.2, 0.25) is 0 Å². The van der Waals surface area contributed by atoms with Crippen LogP contribution in [0.3, 0.4) is 0 Å². The van der Waals surface area contributed by atoms with Gasteiger partial charge < -0.3 is 9.47 Å². The summed E-state index contributed by atoms with van der Waals surface area (Å²) in [6, 6.07) is 5.71. The second-order valence-electron chi connectivity index (χ2n) is 3.82. The van der Waals surface area contributed by atoms with Gasteiger partial charge in [0.25, 0.3) is 0 Å². The maximum absolute atomic E-state index is 5.37. The van der Waals surface area contributed by atoms with Crippen LogP contribution in [0.5, 0.6) is 11.5 Å². The summed E-state index contributed by atoms with van der Waals surface area (Å²) in [5.74, 6) is 1.53. The van der Waals surface area contributed by atoms with E-state index in [1.54, 1.807) is 25.6 Å². The van der Waals surface area contributed by atoms with Crippen LogP contribution in [0.15, 0.2) is 18.2 Å². The molecule has 2 rings (SSSR count). The zero-order valence-corrected chi connectivity index (χ0v) is 11.6. The molecule has 0 spiro atoms. The molecule has 0 aliphatic heterocycles. The van der Waals surface area contributed by atoms with Gasteiger partial charge in [0.1, 0.15) is 16.5 Å². The summed E-state index contributed by atoms with van der Waals surface area (Å²) < 4.78 is 10.5. The minimum atomic E-state index is 0.758. The van der Waals surface area contributed by atoms with Crippen LogP contribution in [0.4, 0.5) is 0 Å². The SMILES string of the molecule is CCCc1nnc(-c2ccc(OC)cc2OC)s1. The Morgan fingerprint density at radius 1 is 1.17 bits per heavy atom. The molecule has 1 heterocycles. The molecule has 0 unspecified atom stereocenters. The molecule has 0 radical (unpaired) electrons. The van der Waals surface area contributed by atoms with Crippen molar-refractivity contribution in [2.75, 3.05) is 14.2 Å². The number of hydrogen-bond acceptors (Lipinski definition) is 5. The smallest absolute Gasteiger partial charge is 0.151 e. The number of hydrogen-bond donors (Lipinski definition) is 0. The lowest BCUT2D eigenvalue weighted by molar-refractivity contribution is 0.395.